The molecule has 250 valence electrons. The molecule has 0 radical (unpaired) electrons. The number of aliphatic hydroxyl groups is 1. The first-order valence-corrected chi connectivity index (χ1v) is 16.6. The quantitative estimate of drug-likeness (QED) is 0.222. The van der Waals surface area contributed by atoms with Crippen LogP contribution in [-0.4, -0.2) is 97.1 Å². The van der Waals surface area contributed by atoms with Crippen molar-refractivity contribution in [2.75, 3.05) is 46.2 Å². The van der Waals surface area contributed by atoms with E-state index in [0.29, 0.717) is 26.4 Å². The lowest BCUT2D eigenvalue weighted by atomic mass is 9.85. The summed E-state index contributed by atoms with van der Waals surface area (Å²) in [5.41, 5.74) is 4.10. The third-order valence-corrected chi connectivity index (χ3v) is 8.66. The summed E-state index contributed by atoms with van der Waals surface area (Å²) < 4.78 is 16.3. The molecule has 3 N–H and O–H groups in total. The van der Waals surface area contributed by atoms with Crippen LogP contribution >= 0.6 is 11.3 Å². The SMILES string of the molecule is CCCCOCCOCCOCC(=O)N[C@H](C(=O)N1C[C@H](O)C[C@H]1C(=O)N[C@@H](C)c1ccc(-c2scnc2C)cc1)C(C)(C)C. The van der Waals surface area contributed by atoms with Gasteiger partial charge in [0.05, 0.1) is 54.7 Å². The molecule has 2 aromatic rings. The van der Waals surface area contributed by atoms with Crippen molar-refractivity contribution in [3.63, 3.8) is 0 Å². The number of amides is 3. The summed E-state index contributed by atoms with van der Waals surface area (Å²) in [6.45, 7) is 13.5. The van der Waals surface area contributed by atoms with Gasteiger partial charge in [-0.15, -0.1) is 11.3 Å². The van der Waals surface area contributed by atoms with E-state index >= 15 is 0 Å². The van der Waals surface area contributed by atoms with Crippen LogP contribution in [0.15, 0.2) is 29.8 Å². The first-order valence-electron chi connectivity index (χ1n) is 15.7. The number of β-amino-alcohol motifs (C(OH)–C–C–N with tert-alkyl or cyclic N) is 1. The second kappa shape index (κ2) is 17.7. The van der Waals surface area contributed by atoms with Crippen molar-refractivity contribution >= 4 is 29.1 Å². The van der Waals surface area contributed by atoms with Crippen molar-refractivity contribution < 1.29 is 33.7 Å². The summed E-state index contributed by atoms with van der Waals surface area (Å²) in [6, 6.07) is 5.83. The number of nitrogens with one attached hydrogen (secondary N) is 2. The Morgan fingerprint density at radius 3 is 2.29 bits per heavy atom. The zero-order valence-electron chi connectivity index (χ0n) is 27.5. The third kappa shape index (κ3) is 11.1. The monoisotopic (exact) mass is 646 g/mol. The van der Waals surface area contributed by atoms with Crippen LogP contribution in [0.2, 0.25) is 0 Å². The van der Waals surface area contributed by atoms with Crippen LogP contribution in [0.1, 0.15) is 71.2 Å². The fourth-order valence-corrected chi connectivity index (χ4v) is 5.88. The minimum atomic E-state index is -0.925. The maximum Gasteiger partial charge on any atom is 0.246 e. The van der Waals surface area contributed by atoms with E-state index in [9.17, 15) is 19.5 Å². The van der Waals surface area contributed by atoms with Gasteiger partial charge in [0.1, 0.15) is 18.7 Å². The van der Waals surface area contributed by atoms with E-state index in [-0.39, 0.29) is 38.1 Å². The number of likely N-dealkylation sites (tertiary alicyclic amines) is 1. The van der Waals surface area contributed by atoms with E-state index < -0.39 is 35.4 Å². The molecule has 0 saturated carbocycles. The maximum atomic E-state index is 13.8. The highest BCUT2D eigenvalue weighted by Crippen LogP contribution is 2.29. The van der Waals surface area contributed by atoms with E-state index in [4.69, 9.17) is 14.2 Å². The molecule has 0 bridgehead atoms. The van der Waals surface area contributed by atoms with Gasteiger partial charge < -0.3 is 34.9 Å². The summed E-state index contributed by atoms with van der Waals surface area (Å²) in [4.78, 5) is 46.8. The lowest BCUT2D eigenvalue weighted by Gasteiger charge is -2.35. The van der Waals surface area contributed by atoms with E-state index in [2.05, 4.69) is 22.5 Å². The van der Waals surface area contributed by atoms with Gasteiger partial charge in [-0.3, -0.25) is 14.4 Å². The number of carbonyl (C=O) groups is 3. The molecule has 3 amide bonds. The van der Waals surface area contributed by atoms with Crippen LogP contribution in [0, 0.1) is 12.3 Å². The molecule has 4 atom stereocenters. The number of rotatable bonds is 17. The van der Waals surface area contributed by atoms with Gasteiger partial charge in [0, 0.05) is 19.6 Å². The Labute approximate surface area is 271 Å². The van der Waals surface area contributed by atoms with E-state index in [1.807, 2.05) is 64.4 Å². The molecule has 0 aliphatic carbocycles. The van der Waals surface area contributed by atoms with Gasteiger partial charge in [-0.25, -0.2) is 4.98 Å². The number of benzene rings is 1. The molecular formula is C33H50N4O7S. The number of thiazole rings is 1. The number of ether oxygens (including phenoxy) is 3. The zero-order chi connectivity index (χ0) is 33.0. The Kier molecular flexibility index (Phi) is 14.4. The van der Waals surface area contributed by atoms with Crippen LogP contribution in [0.5, 0.6) is 0 Å². The number of nitrogens with zero attached hydrogens (tertiary/aromatic N) is 2. The van der Waals surface area contributed by atoms with Gasteiger partial charge >= 0.3 is 0 Å². The van der Waals surface area contributed by atoms with Crippen LogP contribution < -0.4 is 10.6 Å². The Morgan fingerprint density at radius 1 is 1.04 bits per heavy atom. The second-order valence-electron chi connectivity index (χ2n) is 12.5. The second-order valence-corrected chi connectivity index (χ2v) is 13.4. The van der Waals surface area contributed by atoms with Crippen molar-refractivity contribution in [1.29, 1.82) is 0 Å². The normalized spacial score (nSPS) is 18.1. The van der Waals surface area contributed by atoms with Gasteiger partial charge in [0.2, 0.25) is 17.7 Å². The third-order valence-electron chi connectivity index (χ3n) is 7.68. The van der Waals surface area contributed by atoms with Crippen LogP contribution in [-0.2, 0) is 28.6 Å². The van der Waals surface area contributed by atoms with Crippen molar-refractivity contribution in [2.45, 2.75) is 85.0 Å². The van der Waals surface area contributed by atoms with Gasteiger partial charge in [-0.05, 0) is 36.8 Å². The molecule has 2 heterocycles. The standard InChI is InChI=1S/C33H50N4O7S/c1-7-8-13-42-14-15-43-16-17-44-20-28(39)36-30(33(4,5)6)32(41)37-19-26(38)18-27(37)31(40)35-22(2)24-9-11-25(12-10-24)29-23(3)34-21-45-29/h9-12,21-22,26-27,30,38H,7-8,13-20H2,1-6H3,(H,35,40)(H,36,39)/t22-,26+,27-,30+/m0/s1. The maximum absolute atomic E-state index is 13.8. The predicted octanol–water partition coefficient (Wildman–Crippen LogP) is 3.64. The topological polar surface area (TPSA) is 139 Å². The fourth-order valence-electron chi connectivity index (χ4n) is 5.07. The molecule has 12 heteroatoms. The number of carbonyl (C=O) groups excluding carboxylic acids is 3. The first-order chi connectivity index (χ1) is 21.4. The first kappa shape index (κ1) is 36.6. The highest BCUT2D eigenvalue weighted by molar-refractivity contribution is 7.13. The lowest BCUT2D eigenvalue weighted by Crippen LogP contribution is -2.58. The number of unbranched alkanes of at least 4 members (excludes halogenated alkanes) is 1. The summed E-state index contributed by atoms with van der Waals surface area (Å²) in [5, 5.41) is 16.3. The largest absolute Gasteiger partial charge is 0.391 e. The van der Waals surface area contributed by atoms with E-state index in [1.54, 1.807) is 11.3 Å². The van der Waals surface area contributed by atoms with E-state index in [0.717, 1.165) is 34.5 Å². The molecule has 1 aromatic carbocycles. The highest BCUT2D eigenvalue weighted by atomic mass is 32.1. The smallest absolute Gasteiger partial charge is 0.246 e. The Morgan fingerprint density at radius 2 is 1.69 bits per heavy atom. The summed E-state index contributed by atoms with van der Waals surface area (Å²) >= 11 is 1.58. The van der Waals surface area contributed by atoms with Gasteiger partial charge in [-0.1, -0.05) is 58.4 Å². The van der Waals surface area contributed by atoms with E-state index in [1.165, 1.54) is 4.90 Å². The van der Waals surface area contributed by atoms with Gasteiger partial charge in [0.15, 0.2) is 0 Å². The molecule has 0 unspecified atom stereocenters. The number of hydrogen-bond donors (Lipinski definition) is 3. The van der Waals surface area contributed by atoms with Crippen LogP contribution in [0.4, 0.5) is 0 Å². The molecule has 1 aromatic heterocycles. The highest BCUT2D eigenvalue weighted by Gasteiger charge is 2.44. The molecular weight excluding hydrogens is 596 g/mol. The van der Waals surface area contributed by atoms with Crippen molar-refractivity contribution in [1.82, 2.24) is 20.5 Å². The van der Waals surface area contributed by atoms with Gasteiger partial charge in [-0.2, -0.15) is 0 Å². The summed E-state index contributed by atoms with van der Waals surface area (Å²) in [7, 11) is 0. The van der Waals surface area contributed by atoms with Gasteiger partial charge in [0.25, 0.3) is 0 Å². The number of aryl methyl sites for hydroxylation is 1. The van der Waals surface area contributed by atoms with Crippen molar-refractivity contribution in [3.8, 4) is 10.4 Å². The molecule has 11 nitrogen and oxygen atoms in total. The molecule has 1 fully saturated rings. The summed E-state index contributed by atoms with van der Waals surface area (Å²) in [6.07, 6.45) is 1.37. The molecule has 0 spiro atoms. The predicted molar refractivity (Wildman–Crippen MR) is 174 cm³/mol. The molecule has 1 saturated heterocycles. The lowest BCUT2D eigenvalue weighted by molar-refractivity contribution is -0.144. The number of hydrogen-bond acceptors (Lipinski definition) is 9. The molecule has 1 aliphatic rings. The Balaban J connectivity index is 1.53. The number of aliphatic hydroxyl groups excluding tert-OH is 1. The minimum absolute atomic E-state index is 0.00659. The summed E-state index contributed by atoms with van der Waals surface area (Å²) in [5.74, 6) is -1.22. The fraction of sp³-hybridized carbons (Fsp3) is 0.636. The zero-order valence-corrected chi connectivity index (χ0v) is 28.3. The Bertz CT molecular complexity index is 1230. The Hall–Kier alpha value is -2.90. The molecule has 3 rings (SSSR count). The minimum Gasteiger partial charge on any atom is -0.391 e. The average molecular weight is 647 g/mol. The van der Waals surface area contributed by atoms with Crippen molar-refractivity contribution in [2.24, 2.45) is 5.41 Å². The molecule has 1 aliphatic heterocycles. The average Bonchev–Trinajstić information content (AvgIpc) is 3.61. The molecule has 45 heavy (non-hydrogen) atoms. The van der Waals surface area contributed by atoms with Crippen LogP contribution in [0.3, 0.4) is 0 Å². The number of aromatic nitrogens is 1. The van der Waals surface area contributed by atoms with Crippen molar-refractivity contribution in [3.05, 3.63) is 41.0 Å². The van der Waals surface area contributed by atoms with Crippen LogP contribution in [0.25, 0.3) is 10.4 Å².